The Balaban J connectivity index is 2.23. The van der Waals surface area contributed by atoms with E-state index >= 15 is 0 Å². The molecule has 8 heteroatoms. The summed E-state index contributed by atoms with van der Waals surface area (Å²) in [7, 11) is 0. The van der Waals surface area contributed by atoms with Gasteiger partial charge in [-0.1, -0.05) is 0 Å². The third kappa shape index (κ3) is 2.73. The smallest absolute Gasteiger partial charge is 0.305 e. The summed E-state index contributed by atoms with van der Waals surface area (Å²) in [5.41, 5.74) is -0.738. The number of hydrogen-bond donors (Lipinski definition) is 0. The van der Waals surface area contributed by atoms with Crippen molar-refractivity contribution in [3.8, 4) is 6.07 Å². The van der Waals surface area contributed by atoms with Gasteiger partial charge in [0.25, 0.3) is 5.91 Å². The molecule has 1 fully saturated rings. The van der Waals surface area contributed by atoms with Crippen LogP contribution in [0, 0.1) is 27.3 Å². The van der Waals surface area contributed by atoms with E-state index in [1.54, 1.807) is 0 Å². The molecule has 0 spiro atoms. The number of nitriles is 1. The molecule has 1 saturated heterocycles. The van der Waals surface area contributed by atoms with Gasteiger partial charge < -0.3 is 9.64 Å². The van der Waals surface area contributed by atoms with E-state index in [0.717, 1.165) is 12.1 Å². The molecule has 1 aliphatic heterocycles. The van der Waals surface area contributed by atoms with Gasteiger partial charge in [-0.2, -0.15) is 9.65 Å². The lowest BCUT2D eigenvalue weighted by Gasteiger charge is -2.29. The van der Waals surface area contributed by atoms with Gasteiger partial charge in [0.05, 0.1) is 24.1 Å². The molecular weight excluding hydrogens is 269 g/mol. The van der Waals surface area contributed by atoms with E-state index in [1.165, 1.54) is 11.0 Å². The Labute approximate surface area is 113 Å². The molecule has 1 amide bonds. The standard InChI is InChI=1S/C12H10FN3O4/c13-10-2-1-8(5-11(10)16(18)19)12(17)15-3-4-20-9(6-14)7-15/h1-2,5,9H,3-4,7H2. The van der Waals surface area contributed by atoms with Crippen molar-refractivity contribution in [3.63, 3.8) is 0 Å². The zero-order valence-electron chi connectivity index (χ0n) is 10.3. The van der Waals surface area contributed by atoms with E-state index in [4.69, 9.17) is 10.00 Å². The fraction of sp³-hybridized carbons (Fsp3) is 0.333. The second-order valence-electron chi connectivity index (χ2n) is 4.16. The Bertz CT molecular complexity index is 599. The van der Waals surface area contributed by atoms with Crippen LogP contribution in [-0.2, 0) is 4.74 Å². The highest BCUT2D eigenvalue weighted by atomic mass is 19.1. The van der Waals surface area contributed by atoms with E-state index in [-0.39, 0.29) is 25.3 Å². The van der Waals surface area contributed by atoms with Crippen LogP contribution in [0.3, 0.4) is 0 Å². The Morgan fingerprint density at radius 3 is 3.00 bits per heavy atom. The van der Waals surface area contributed by atoms with Crippen LogP contribution in [0.4, 0.5) is 10.1 Å². The molecule has 1 aromatic carbocycles. The zero-order chi connectivity index (χ0) is 14.7. The maximum atomic E-state index is 13.2. The zero-order valence-corrected chi connectivity index (χ0v) is 10.3. The number of rotatable bonds is 2. The molecule has 20 heavy (non-hydrogen) atoms. The number of nitrogens with zero attached hydrogens (tertiary/aromatic N) is 3. The molecule has 7 nitrogen and oxygen atoms in total. The summed E-state index contributed by atoms with van der Waals surface area (Å²) in [5.74, 6) is -1.49. The highest BCUT2D eigenvalue weighted by Gasteiger charge is 2.26. The van der Waals surface area contributed by atoms with E-state index in [1.807, 2.05) is 6.07 Å². The van der Waals surface area contributed by atoms with E-state index < -0.39 is 28.4 Å². The molecule has 0 saturated carbocycles. The average molecular weight is 279 g/mol. The van der Waals surface area contributed by atoms with Crippen molar-refractivity contribution in [1.82, 2.24) is 4.90 Å². The highest BCUT2D eigenvalue weighted by molar-refractivity contribution is 5.95. The van der Waals surface area contributed by atoms with Crippen molar-refractivity contribution in [2.45, 2.75) is 6.10 Å². The number of morpholine rings is 1. The molecule has 0 N–H and O–H groups in total. The maximum Gasteiger partial charge on any atom is 0.305 e. The van der Waals surface area contributed by atoms with Crippen LogP contribution >= 0.6 is 0 Å². The van der Waals surface area contributed by atoms with Crippen molar-refractivity contribution < 1.29 is 18.8 Å². The molecule has 1 aliphatic rings. The SMILES string of the molecule is N#CC1CN(C(=O)c2ccc(F)c([N+](=O)[O-])c2)CCO1. The number of halogens is 1. The van der Waals surface area contributed by atoms with Crippen LogP contribution in [0.25, 0.3) is 0 Å². The Morgan fingerprint density at radius 1 is 1.60 bits per heavy atom. The van der Waals surface area contributed by atoms with Crippen molar-refractivity contribution >= 4 is 11.6 Å². The number of nitro benzene ring substituents is 1. The maximum absolute atomic E-state index is 13.2. The summed E-state index contributed by atoms with van der Waals surface area (Å²) in [5, 5.41) is 19.4. The quantitative estimate of drug-likeness (QED) is 0.596. The van der Waals surface area contributed by atoms with Crippen molar-refractivity contribution in [2.75, 3.05) is 19.7 Å². The topological polar surface area (TPSA) is 96.5 Å². The highest BCUT2D eigenvalue weighted by Crippen LogP contribution is 2.20. The molecule has 1 heterocycles. The largest absolute Gasteiger partial charge is 0.360 e. The van der Waals surface area contributed by atoms with Gasteiger partial charge in [-0.15, -0.1) is 0 Å². The summed E-state index contributed by atoms with van der Waals surface area (Å²) >= 11 is 0. The lowest BCUT2D eigenvalue weighted by atomic mass is 10.1. The fourth-order valence-electron chi connectivity index (χ4n) is 1.88. The molecule has 0 aromatic heterocycles. The van der Waals surface area contributed by atoms with Crippen LogP contribution < -0.4 is 0 Å². The minimum atomic E-state index is -0.997. The molecule has 104 valence electrons. The van der Waals surface area contributed by atoms with Crippen molar-refractivity contribution in [2.24, 2.45) is 0 Å². The van der Waals surface area contributed by atoms with Gasteiger partial charge in [0.2, 0.25) is 5.82 Å². The van der Waals surface area contributed by atoms with E-state index in [0.29, 0.717) is 0 Å². The first kappa shape index (κ1) is 13.9. The van der Waals surface area contributed by atoms with Crippen LogP contribution in [0.5, 0.6) is 0 Å². The summed E-state index contributed by atoms with van der Waals surface area (Å²) in [4.78, 5) is 23.3. The third-order valence-corrected chi connectivity index (χ3v) is 2.89. The number of amides is 1. The fourth-order valence-corrected chi connectivity index (χ4v) is 1.88. The van der Waals surface area contributed by atoms with Gasteiger partial charge in [0, 0.05) is 18.2 Å². The molecule has 0 aliphatic carbocycles. The predicted octanol–water partition coefficient (Wildman–Crippen LogP) is 1.10. The average Bonchev–Trinajstić information content (AvgIpc) is 2.46. The van der Waals surface area contributed by atoms with E-state index in [2.05, 4.69) is 0 Å². The first-order valence-corrected chi connectivity index (χ1v) is 5.77. The third-order valence-electron chi connectivity index (χ3n) is 2.89. The molecule has 1 unspecified atom stereocenters. The Morgan fingerprint density at radius 2 is 2.35 bits per heavy atom. The van der Waals surface area contributed by atoms with Crippen LogP contribution in [-0.4, -0.2) is 41.5 Å². The van der Waals surface area contributed by atoms with E-state index in [9.17, 15) is 19.3 Å². The van der Waals surface area contributed by atoms with Gasteiger partial charge >= 0.3 is 5.69 Å². The monoisotopic (exact) mass is 279 g/mol. The first-order valence-electron chi connectivity index (χ1n) is 5.77. The molecule has 0 bridgehead atoms. The summed E-state index contributed by atoms with van der Waals surface area (Å²) in [6, 6.07) is 4.86. The molecule has 0 radical (unpaired) electrons. The minimum Gasteiger partial charge on any atom is -0.360 e. The number of ether oxygens (including phenoxy) is 1. The van der Waals surface area contributed by atoms with Crippen molar-refractivity contribution in [3.05, 3.63) is 39.7 Å². The van der Waals surface area contributed by atoms with Gasteiger partial charge in [-0.05, 0) is 12.1 Å². The second-order valence-corrected chi connectivity index (χ2v) is 4.16. The first-order chi connectivity index (χ1) is 9.52. The van der Waals surface area contributed by atoms with Crippen LogP contribution in [0.2, 0.25) is 0 Å². The number of benzene rings is 1. The summed E-state index contributed by atoms with van der Waals surface area (Å²) < 4.78 is 18.3. The number of hydrogen-bond acceptors (Lipinski definition) is 5. The van der Waals surface area contributed by atoms with Gasteiger partial charge in [-0.3, -0.25) is 14.9 Å². The molecule has 1 aromatic rings. The van der Waals surface area contributed by atoms with Crippen LogP contribution in [0.1, 0.15) is 10.4 Å². The second kappa shape index (κ2) is 5.63. The lowest BCUT2D eigenvalue weighted by molar-refractivity contribution is -0.387. The summed E-state index contributed by atoms with van der Waals surface area (Å²) in [6.07, 6.45) is -0.719. The number of carbonyl (C=O) groups is 1. The Hall–Kier alpha value is -2.53. The minimum absolute atomic E-state index is 0.0108. The molecule has 1 atom stereocenters. The van der Waals surface area contributed by atoms with Gasteiger partial charge in [0.15, 0.2) is 6.10 Å². The predicted molar refractivity (Wildman–Crippen MR) is 64.3 cm³/mol. The molecular formula is C12H10FN3O4. The van der Waals surface area contributed by atoms with Gasteiger partial charge in [0.1, 0.15) is 0 Å². The van der Waals surface area contributed by atoms with Crippen molar-refractivity contribution in [1.29, 1.82) is 5.26 Å². The Kier molecular flexibility index (Phi) is 3.91. The summed E-state index contributed by atoms with van der Waals surface area (Å²) in [6.45, 7) is 0.579. The molecule has 2 rings (SSSR count). The number of nitro groups is 1. The normalized spacial score (nSPS) is 18.4. The number of carbonyl (C=O) groups excluding carboxylic acids is 1. The van der Waals surface area contributed by atoms with Crippen LogP contribution in [0.15, 0.2) is 18.2 Å². The lowest BCUT2D eigenvalue weighted by Crippen LogP contribution is -2.45. The van der Waals surface area contributed by atoms with Gasteiger partial charge in [-0.25, -0.2) is 0 Å².